The lowest BCUT2D eigenvalue weighted by Gasteiger charge is -2.34. The molecule has 2 saturated heterocycles. The lowest BCUT2D eigenvalue weighted by molar-refractivity contribution is -0.127. The van der Waals surface area contributed by atoms with Gasteiger partial charge in [-0.1, -0.05) is 17.7 Å². The molecular weight excluding hydrogens is 390 g/mol. The maximum Gasteiger partial charge on any atom is 0.270 e. The number of hydrogen-bond acceptors (Lipinski definition) is 6. The molecule has 2 amide bonds. The van der Waals surface area contributed by atoms with E-state index in [1.54, 1.807) is 13.1 Å². The Bertz CT molecular complexity index is 990. The van der Waals surface area contributed by atoms with Gasteiger partial charge in [0.1, 0.15) is 11.3 Å². The SMILES string of the molecule is Cc1ccc(N2C(=O)/C(=C\c3ccc(N4CCOCC4)o3)C(=O)N(C)C2=S)cc1. The van der Waals surface area contributed by atoms with Crippen LogP contribution in [0.4, 0.5) is 11.6 Å². The monoisotopic (exact) mass is 411 g/mol. The third kappa shape index (κ3) is 3.68. The van der Waals surface area contributed by atoms with E-state index < -0.39 is 11.8 Å². The van der Waals surface area contributed by atoms with Crippen molar-refractivity contribution in [3.8, 4) is 0 Å². The van der Waals surface area contributed by atoms with Crippen molar-refractivity contribution >= 4 is 46.8 Å². The Labute approximate surface area is 174 Å². The summed E-state index contributed by atoms with van der Waals surface area (Å²) in [6, 6.07) is 11.0. The van der Waals surface area contributed by atoms with E-state index in [9.17, 15) is 9.59 Å². The highest BCUT2D eigenvalue weighted by molar-refractivity contribution is 7.80. The van der Waals surface area contributed by atoms with Crippen LogP contribution >= 0.6 is 12.2 Å². The van der Waals surface area contributed by atoms with E-state index in [1.807, 2.05) is 37.3 Å². The van der Waals surface area contributed by atoms with Crippen LogP contribution in [0.3, 0.4) is 0 Å². The topological polar surface area (TPSA) is 66.2 Å². The number of rotatable bonds is 3. The van der Waals surface area contributed by atoms with Gasteiger partial charge in [0.25, 0.3) is 11.8 Å². The van der Waals surface area contributed by atoms with Crippen molar-refractivity contribution in [2.45, 2.75) is 6.92 Å². The molecule has 3 heterocycles. The molecule has 150 valence electrons. The molecule has 2 aromatic rings. The van der Waals surface area contributed by atoms with Gasteiger partial charge in [-0.2, -0.15) is 0 Å². The number of furan rings is 1. The molecule has 0 atom stereocenters. The Balaban J connectivity index is 1.65. The van der Waals surface area contributed by atoms with E-state index in [4.69, 9.17) is 21.4 Å². The molecule has 0 N–H and O–H groups in total. The predicted octanol–water partition coefficient (Wildman–Crippen LogP) is 2.60. The molecule has 4 rings (SSSR count). The van der Waals surface area contributed by atoms with Gasteiger partial charge in [-0.25, -0.2) is 0 Å². The van der Waals surface area contributed by atoms with Crippen LogP contribution in [0.25, 0.3) is 6.08 Å². The first-order valence-corrected chi connectivity index (χ1v) is 9.74. The number of aryl methyl sites for hydroxylation is 1. The summed E-state index contributed by atoms with van der Waals surface area (Å²) in [5.41, 5.74) is 1.68. The number of carbonyl (C=O) groups excluding carboxylic acids is 2. The molecule has 0 aliphatic carbocycles. The summed E-state index contributed by atoms with van der Waals surface area (Å²) in [4.78, 5) is 30.6. The summed E-state index contributed by atoms with van der Waals surface area (Å²) in [6.07, 6.45) is 1.48. The van der Waals surface area contributed by atoms with Gasteiger partial charge in [0, 0.05) is 26.2 Å². The van der Waals surface area contributed by atoms with Crippen molar-refractivity contribution in [2.75, 3.05) is 43.2 Å². The Morgan fingerprint density at radius 2 is 1.69 bits per heavy atom. The number of amides is 2. The minimum atomic E-state index is -0.466. The average molecular weight is 411 g/mol. The second-order valence-corrected chi connectivity index (χ2v) is 7.32. The van der Waals surface area contributed by atoms with Crippen molar-refractivity contribution in [3.63, 3.8) is 0 Å². The third-order valence-electron chi connectivity index (χ3n) is 4.96. The van der Waals surface area contributed by atoms with Crippen LogP contribution < -0.4 is 9.80 Å². The second kappa shape index (κ2) is 7.81. The molecule has 1 aromatic heterocycles. The highest BCUT2D eigenvalue weighted by atomic mass is 32.1. The van der Waals surface area contributed by atoms with Gasteiger partial charge < -0.3 is 14.1 Å². The molecule has 2 aliphatic rings. The van der Waals surface area contributed by atoms with Gasteiger partial charge in [-0.3, -0.25) is 19.4 Å². The number of thiocarbonyl (C=S) groups is 1. The molecular formula is C21H21N3O4S. The summed E-state index contributed by atoms with van der Waals surface area (Å²) in [6.45, 7) is 4.72. The smallest absolute Gasteiger partial charge is 0.270 e. The minimum absolute atomic E-state index is 0.00422. The van der Waals surface area contributed by atoms with Crippen molar-refractivity contribution in [3.05, 3.63) is 53.3 Å². The Hall–Kier alpha value is -2.97. The number of anilines is 2. The van der Waals surface area contributed by atoms with Crippen molar-refractivity contribution in [1.29, 1.82) is 0 Å². The fourth-order valence-corrected chi connectivity index (χ4v) is 3.55. The summed E-state index contributed by atoms with van der Waals surface area (Å²) < 4.78 is 11.2. The molecule has 0 unspecified atom stereocenters. The number of likely N-dealkylation sites (N-methyl/N-ethyl adjacent to an activating group) is 1. The Kier molecular flexibility index (Phi) is 5.21. The van der Waals surface area contributed by atoms with Crippen LogP contribution in [0.2, 0.25) is 0 Å². The predicted molar refractivity (Wildman–Crippen MR) is 114 cm³/mol. The largest absolute Gasteiger partial charge is 0.441 e. The first-order chi connectivity index (χ1) is 14.0. The summed E-state index contributed by atoms with van der Waals surface area (Å²) in [5, 5.41) is 0.148. The molecule has 2 fully saturated rings. The first-order valence-electron chi connectivity index (χ1n) is 9.33. The van der Waals surface area contributed by atoms with Gasteiger partial charge in [-0.05, 0) is 43.4 Å². The zero-order valence-corrected chi connectivity index (χ0v) is 17.1. The highest BCUT2D eigenvalue weighted by Crippen LogP contribution is 2.27. The number of morpholine rings is 1. The lowest BCUT2D eigenvalue weighted by Crippen LogP contribution is -2.54. The van der Waals surface area contributed by atoms with E-state index >= 15 is 0 Å². The van der Waals surface area contributed by atoms with Crippen molar-refractivity contribution in [2.24, 2.45) is 0 Å². The molecule has 0 radical (unpaired) electrons. The van der Waals surface area contributed by atoms with Gasteiger partial charge in [-0.15, -0.1) is 0 Å². The summed E-state index contributed by atoms with van der Waals surface area (Å²) in [5.74, 6) is 0.211. The molecule has 1 aromatic carbocycles. The van der Waals surface area contributed by atoms with Crippen molar-refractivity contribution in [1.82, 2.24) is 4.90 Å². The maximum atomic E-state index is 13.1. The van der Waals surface area contributed by atoms with Crippen LogP contribution in [0, 0.1) is 6.92 Å². The Morgan fingerprint density at radius 3 is 2.38 bits per heavy atom. The van der Waals surface area contributed by atoms with Gasteiger partial charge >= 0.3 is 0 Å². The molecule has 2 aliphatic heterocycles. The average Bonchev–Trinajstić information content (AvgIpc) is 3.21. The highest BCUT2D eigenvalue weighted by Gasteiger charge is 2.38. The van der Waals surface area contributed by atoms with Gasteiger partial charge in [0.15, 0.2) is 11.0 Å². The van der Waals surface area contributed by atoms with Crippen LogP contribution in [0.1, 0.15) is 11.3 Å². The zero-order chi connectivity index (χ0) is 20.5. The van der Waals surface area contributed by atoms with E-state index in [0.717, 1.165) is 18.7 Å². The lowest BCUT2D eigenvalue weighted by atomic mass is 10.1. The number of ether oxygens (including phenoxy) is 1. The fourth-order valence-electron chi connectivity index (χ4n) is 3.28. The van der Waals surface area contributed by atoms with E-state index in [1.165, 1.54) is 15.9 Å². The quantitative estimate of drug-likeness (QED) is 0.439. The molecule has 7 nitrogen and oxygen atoms in total. The van der Waals surface area contributed by atoms with E-state index in [-0.39, 0.29) is 10.7 Å². The van der Waals surface area contributed by atoms with E-state index in [0.29, 0.717) is 30.5 Å². The van der Waals surface area contributed by atoms with Crippen LogP contribution in [-0.2, 0) is 14.3 Å². The van der Waals surface area contributed by atoms with Crippen LogP contribution in [-0.4, -0.2) is 55.2 Å². The maximum absolute atomic E-state index is 13.1. The fraction of sp³-hybridized carbons (Fsp3) is 0.286. The number of benzene rings is 1. The minimum Gasteiger partial charge on any atom is -0.441 e. The standard InChI is InChI=1S/C21H21N3O4S/c1-14-3-5-15(6-4-14)24-20(26)17(19(25)22(2)21(24)29)13-16-7-8-18(28-16)23-9-11-27-12-10-23/h3-8,13H,9-12H2,1-2H3/b17-13-. The van der Waals surface area contributed by atoms with Crippen molar-refractivity contribution < 1.29 is 18.7 Å². The second-order valence-electron chi connectivity index (χ2n) is 6.96. The molecule has 0 bridgehead atoms. The summed E-state index contributed by atoms with van der Waals surface area (Å²) in [7, 11) is 1.56. The van der Waals surface area contributed by atoms with E-state index in [2.05, 4.69) is 4.90 Å². The molecule has 0 spiro atoms. The molecule has 29 heavy (non-hydrogen) atoms. The number of nitrogens with zero attached hydrogens (tertiary/aromatic N) is 3. The number of carbonyl (C=O) groups is 2. The molecule has 8 heteroatoms. The van der Waals surface area contributed by atoms with Crippen LogP contribution in [0.15, 0.2) is 46.4 Å². The van der Waals surface area contributed by atoms with Gasteiger partial charge in [0.2, 0.25) is 0 Å². The van der Waals surface area contributed by atoms with Crippen LogP contribution in [0.5, 0.6) is 0 Å². The molecule has 0 saturated carbocycles. The number of hydrogen-bond donors (Lipinski definition) is 0. The summed E-state index contributed by atoms with van der Waals surface area (Å²) >= 11 is 5.37. The van der Waals surface area contributed by atoms with Gasteiger partial charge in [0.05, 0.1) is 18.9 Å². The first kappa shape index (κ1) is 19.4. The Morgan fingerprint density at radius 1 is 1.00 bits per heavy atom. The zero-order valence-electron chi connectivity index (χ0n) is 16.3. The normalized spacial score (nSPS) is 19.4. The third-order valence-corrected chi connectivity index (χ3v) is 5.42.